The van der Waals surface area contributed by atoms with Crippen molar-refractivity contribution >= 4 is 17.9 Å². The number of ether oxygens (including phenoxy) is 4. The highest BCUT2D eigenvalue weighted by atomic mass is 16.7. The molecule has 0 radical (unpaired) electrons. The fourth-order valence-electron chi connectivity index (χ4n) is 8.10. The number of carbonyl (C=O) groups excluding carboxylic acids is 2. The third-order valence-corrected chi connectivity index (χ3v) is 12.5. The van der Waals surface area contributed by atoms with Gasteiger partial charge < -0.3 is 28.5 Å². The molecule has 2 atom stereocenters. The fraction of sp³-hybridized carbons (Fsp3) is 0.877. The Kier molecular flexibility index (Phi) is 47.5. The van der Waals surface area contributed by atoms with Crippen LogP contribution in [0, 0.1) is 0 Å². The van der Waals surface area contributed by atoms with E-state index in [0.717, 1.165) is 44.9 Å². The van der Waals surface area contributed by atoms with Crippen LogP contribution in [0.15, 0.2) is 24.3 Å². The molecule has 0 aromatic carbocycles. The zero-order valence-electron chi connectivity index (χ0n) is 44.1. The van der Waals surface area contributed by atoms with E-state index in [1.165, 1.54) is 193 Å². The Morgan fingerprint density at radius 2 is 0.818 bits per heavy atom. The van der Waals surface area contributed by atoms with Crippen molar-refractivity contribution in [1.29, 1.82) is 0 Å². The molecule has 0 heterocycles. The predicted molar refractivity (Wildman–Crippen MR) is 277 cm³/mol. The summed E-state index contributed by atoms with van der Waals surface area (Å²) >= 11 is 0. The van der Waals surface area contributed by atoms with Gasteiger partial charge in [-0.3, -0.25) is 9.59 Å². The first-order chi connectivity index (χ1) is 32.1. The third-order valence-electron chi connectivity index (χ3n) is 12.5. The molecular weight excluding hydrogens is 827 g/mol. The first-order valence-electron chi connectivity index (χ1n) is 28.0. The lowest BCUT2D eigenvalue weighted by Crippen LogP contribution is -2.40. The van der Waals surface area contributed by atoms with E-state index in [1.54, 1.807) is 0 Å². The smallest absolute Gasteiger partial charge is 0.361 e. The number of aliphatic carboxylic acids is 1. The van der Waals surface area contributed by atoms with Crippen molar-refractivity contribution in [1.82, 2.24) is 0 Å². The van der Waals surface area contributed by atoms with E-state index in [4.69, 9.17) is 18.9 Å². The zero-order valence-corrected chi connectivity index (χ0v) is 44.1. The number of hydrogen-bond donors (Lipinski definition) is 1. The first kappa shape index (κ1) is 63.8. The maximum absolute atomic E-state index is 12.8. The molecule has 0 aliphatic heterocycles. The summed E-state index contributed by atoms with van der Waals surface area (Å²) in [6.45, 7) is 4.82. The van der Waals surface area contributed by atoms with Crippen LogP contribution in [0.1, 0.15) is 264 Å². The largest absolute Gasteiger partial charge is 0.477 e. The van der Waals surface area contributed by atoms with Crippen LogP contribution in [-0.2, 0) is 33.3 Å². The van der Waals surface area contributed by atoms with Crippen molar-refractivity contribution in [3.8, 4) is 0 Å². The Hall–Kier alpha value is -2.23. The lowest BCUT2D eigenvalue weighted by atomic mass is 10.0. The molecule has 0 spiro atoms. The number of carboxylic acid groups (broad SMARTS) is 1. The van der Waals surface area contributed by atoms with Crippen LogP contribution in [0.25, 0.3) is 0 Å². The Balaban J connectivity index is 3.86. The Bertz CT molecular complexity index is 1130. The molecule has 66 heavy (non-hydrogen) atoms. The minimum absolute atomic E-state index is 0.177. The van der Waals surface area contributed by atoms with Gasteiger partial charge in [-0.05, 0) is 44.9 Å². The first-order valence-corrected chi connectivity index (χ1v) is 28.0. The van der Waals surface area contributed by atoms with E-state index >= 15 is 0 Å². The monoisotopic (exact) mass is 935 g/mol. The Morgan fingerprint density at radius 1 is 0.455 bits per heavy atom. The molecular formula is C57H108NO8+. The molecule has 0 aliphatic carbocycles. The summed E-state index contributed by atoms with van der Waals surface area (Å²) in [5.74, 6) is -2.00. The maximum Gasteiger partial charge on any atom is 0.361 e. The molecule has 0 saturated heterocycles. The van der Waals surface area contributed by atoms with Crippen LogP contribution >= 0.6 is 0 Å². The van der Waals surface area contributed by atoms with E-state index < -0.39 is 24.3 Å². The molecule has 0 rings (SSSR count). The summed E-state index contributed by atoms with van der Waals surface area (Å²) in [5, 5.41) is 9.62. The van der Waals surface area contributed by atoms with Crippen LogP contribution in [0.2, 0.25) is 0 Å². The molecule has 0 aromatic heterocycles. The number of esters is 2. The van der Waals surface area contributed by atoms with E-state index in [0.29, 0.717) is 17.4 Å². The van der Waals surface area contributed by atoms with Crippen LogP contribution < -0.4 is 0 Å². The number of hydrogen-bond acceptors (Lipinski definition) is 7. The third kappa shape index (κ3) is 49.7. The standard InChI is InChI=1S/C57H107NO8/c1-6-8-10-12-14-15-16-17-18-19-20-21-22-23-24-25-26-27-28-29-30-31-32-33-34-35-36-37-38-39-40-41-42-44-46-48-55(60)66-53(51-64-54(59)47-45-43-13-11-9-7-2)52-65-57(56(61)62)63-50-49-58(3,4)5/h16-17,19-20,53,57H,6-15,18,21-52H2,1-5H3/p+1/b17-16-,20-19-. The van der Waals surface area contributed by atoms with E-state index in [9.17, 15) is 19.5 Å². The number of nitrogens with zero attached hydrogens (tertiary/aromatic N) is 1. The molecule has 9 heteroatoms. The van der Waals surface area contributed by atoms with Gasteiger partial charge in [0, 0.05) is 12.8 Å². The molecule has 2 unspecified atom stereocenters. The molecule has 1 N–H and O–H groups in total. The van der Waals surface area contributed by atoms with Gasteiger partial charge in [0.05, 0.1) is 34.4 Å². The Morgan fingerprint density at radius 3 is 1.20 bits per heavy atom. The predicted octanol–water partition coefficient (Wildman–Crippen LogP) is 16.0. The summed E-state index contributed by atoms with van der Waals surface area (Å²) in [4.78, 5) is 37.0. The van der Waals surface area contributed by atoms with Crippen molar-refractivity contribution in [2.75, 3.05) is 47.5 Å². The van der Waals surface area contributed by atoms with Gasteiger partial charge in [0.1, 0.15) is 13.2 Å². The minimum Gasteiger partial charge on any atom is -0.477 e. The van der Waals surface area contributed by atoms with Gasteiger partial charge in [0.15, 0.2) is 6.10 Å². The van der Waals surface area contributed by atoms with E-state index in [2.05, 4.69) is 38.2 Å². The number of carboxylic acids is 1. The quantitative estimate of drug-likeness (QED) is 0.0211. The van der Waals surface area contributed by atoms with Crippen LogP contribution in [-0.4, -0.2) is 87.4 Å². The number of allylic oxidation sites excluding steroid dienone is 4. The second-order valence-corrected chi connectivity index (χ2v) is 20.3. The second-order valence-electron chi connectivity index (χ2n) is 20.3. The molecule has 0 aromatic rings. The van der Waals surface area contributed by atoms with Crippen molar-refractivity contribution in [2.45, 2.75) is 277 Å². The molecule has 388 valence electrons. The van der Waals surface area contributed by atoms with Crippen molar-refractivity contribution in [2.24, 2.45) is 0 Å². The Labute approximate surface area is 407 Å². The van der Waals surface area contributed by atoms with Crippen LogP contribution in [0.3, 0.4) is 0 Å². The maximum atomic E-state index is 12.8. The van der Waals surface area contributed by atoms with E-state index in [1.807, 2.05) is 21.1 Å². The summed E-state index contributed by atoms with van der Waals surface area (Å²) in [6, 6.07) is 0. The summed E-state index contributed by atoms with van der Waals surface area (Å²) in [7, 11) is 5.96. The van der Waals surface area contributed by atoms with Gasteiger partial charge in [-0.25, -0.2) is 4.79 Å². The highest BCUT2D eigenvalue weighted by Gasteiger charge is 2.25. The minimum atomic E-state index is -1.50. The van der Waals surface area contributed by atoms with Crippen LogP contribution in [0.4, 0.5) is 0 Å². The van der Waals surface area contributed by atoms with Gasteiger partial charge in [-0.2, -0.15) is 0 Å². The topological polar surface area (TPSA) is 108 Å². The fourth-order valence-corrected chi connectivity index (χ4v) is 8.10. The van der Waals surface area contributed by atoms with E-state index in [-0.39, 0.29) is 32.2 Å². The summed E-state index contributed by atoms with van der Waals surface area (Å²) < 4.78 is 22.7. The SMILES string of the molecule is CCCCCCC/C=C\C/C=C\CCCCCCCCCCCCCCCCCCCCCCCCCC(=O)OC(COC(=O)CCCCCCCC)COC(OCC[N+](C)(C)C)C(=O)O. The van der Waals surface area contributed by atoms with Crippen molar-refractivity contribution in [3.05, 3.63) is 24.3 Å². The number of rotatable bonds is 52. The number of unbranched alkanes of at least 4 members (excludes halogenated alkanes) is 33. The molecule has 0 bridgehead atoms. The number of likely N-dealkylation sites (N-methyl/N-ethyl adjacent to an activating group) is 1. The summed E-state index contributed by atoms with van der Waals surface area (Å²) in [6.07, 6.45) is 54.6. The van der Waals surface area contributed by atoms with Gasteiger partial charge in [-0.1, -0.05) is 231 Å². The van der Waals surface area contributed by atoms with Crippen molar-refractivity contribution in [3.63, 3.8) is 0 Å². The molecule has 0 fully saturated rings. The van der Waals surface area contributed by atoms with Gasteiger partial charge in [0.25, 0.3) is 6.29 Å². The average Bonchev–Trinajstić information content (AvgIpc) is 3.28. The highest BCUT2D eigenvalue weighted by Crippen LogP contribution is 2.17. The second kappa shape index (κ2) is 49.2. The zero-order chi connectivity index (χ0) is 48.4. The molecule has 9 nitrogen and oxygen atoms in total. The highest BCUT2D eigenvalue weighted by molar-refractivity contribution is 5.71. The number of quaternary nitrogens is 1. The molecule has 0 amide bonds. The molecule has 0 aliphatic rings. The lowest BCUT2D eigenvalue weighted by molar-refractivity contribution is -0.870. The normalized spacial score (nSPS) is 12.9. The summed E-state index contributed by atoms with van der Waals surface area (Å²) in [5.41, 5.74) is 0. The molecule has 0 saturated carbocycles. The van der Waals surface area contributed by atoms with Crippen molar-refractivity contribution < 1.29 is 42.9 Å². The van der Waals surface area contributed by atoms with Crippen LogP contribution in [0.5, 0.6) is 0 Å². The lowest BCUT2D eigenvalue weighted by Gasteiger charge is -2.25. The van der Waals surface area contributed by atoms with Gasteiger partial charge >= 0.3 is 17.9 Å². The van der Waals surface area contributed by atoms with Gasteiger partial charge in [-0.15, -0.1) is 0 Å². The van der Waals surface area contributed by atoms with Gasteiger partial charge in [0.2, 0.25) is 0 Å². The number of carbonyl (C=O) groups is 3. The average molecular weight is 935 g/mol.